The van der Waals surface area contributed by atoms with Crippen molar-refractivity contribution in [1.29, 1.82) is 0 Å². The highest BCUT2D eigenvalue weighted by molar-refractivity contribution is 9.11. The summed E-state index contributed by atoms with van der Waals surface area (Å²) in [5.74, 6) is 1.76. The number of hydrogen-bond donors (Lipinski definition) is 0. The highest BCUT2D eigenvalue weighted by Crippen LogP contribution is 2.36. The molecule has 2 nitrogen and oxygen atoms in total. The van der Waals surface area contributed by atoms with E-state index in [9.17, 15) is 0 Å². The summed E-state index contributed by atoms with van der Waals surface area (Å²) in [6, 6.07) is 4.01. The zero-order valence-electron chi connectivity index (χ0n) is 15.2. The van der Waals surface area contributed by atoms with E-state index in [1.807, 2.05) is 12.1 Å². The van der Waals surface area contributed by atoms with Crippen LogP contribution in [0.3, 0.4) is 0 Å². The maximum absolute atomic E-state index is 5.89. The number of benzene rings is 1. The third-order valence-corrected chi connectivity index (χ3v) is 5.24. The van der Waals surface area contributed by atoms with Gasteiger partial charge in [0.2, 0.25) is 0 Å². The molecule has 0 aliphatic rings. The van der Waals surface area contributed by atoms with Gasteiger partial charge in [-0.3, -0.25) is 0 Å². The molecule has 1 aromatic carbocycles. The Labute approximate surface area is 165 Å². The van der Waals surface area contributed by atoms with Gasteiger partial charge in [-0.15, -0.1) is 0 Å². The summed E-state index contributed by atoms with van der Waals surface area (Å²) < 4.78 is 13.7. The van der Waals surface area contributed by atoms with Crippen molar-refractivity contribution in [2.45, 2.75) is 78.1 Å². The maximum Gasteiger partial charge on any atom is 0.134 e. The smallest absolute Gasteiger partial charge is 0.134 e. The van der Waals surface area contributed by atoms with E-state index in [0.29, 0.717) is 0 Å². The Morgan fingerprint density at radius 2 is 1.00 bits per heavy atom. The van der Waals surface area contributed by atoms with Gasteiger partial charge < -0.3 is 9.47 Å². The molecule has 0 aliphatic heterocycles. The largest absolute Gasteiger partial charge is 0.492 e. The second kappa shape index (κ2) is 14.0. The van der Waals surface area contributed by atoms with Gasteiger partial charge in [0, 0.05) is 0 Å². The predicted molar refractivity (Wildman–Crippen MR) is 110 cm³/mol. The van der Waals surface area contributed by atoms with Crippen molar-refractivity contribution in [2.75, 3.05) is 13.2 Å². The first-order chi connectivity index (χ1) is 11.7. The van der Waals surface area contributed by atoms with E-state index in [-0.39, 0.29) is 0 Å². The van der Waals surface area contributed by atoms with Crippen molar-refractivity contribution >= 4 is 31.9 Å². The highest BCUT2D eigenvalue weighted by Gasteiger charge is 2.09. The molecule has 0 N–H and O–H groups in total. The van der Waals surface area contributed by atoms with Crippen molar-refractivity contribution in [3.8, 4) is 11.5 Å². The summed E-state index contributed by atoms with van der Waals surface area (Å²) in [6.07, 6.45) is 12.5. The van der Waals surface area contributed by atoms with Gasteiger partial charge in [0.15, 0.2) is 0 Å². The van der Waals surface area contributed by atoms with E-state index in [1.54, 1.807) is 0 Å². The molecule has 24 heavy (non-hydrogen) atoms. The van der Waals surface area contributed by atoms with Crippen LogP contribution in [0.15, 0.2) is 21.1 Å². The van der Waals surface area contributed by atoms with Crippen LogP contribution < -0.4 is 9.47 Å². The molecule has 138 valence electrons. The van der Waals surface area contributed by atoms with Crippen molar-refractivity contribution < 1.29 is 9.47 Å². The highest BCUT2D eigenvalue weighted by atomic mass is 79.9. The molecule has 0 aromatic heterocycles. The Kier molecular flexibility index (Phi) is 12.7. The molecule has 0 spiro atoms. The Bertz CT molecular complexity index is 408. The van der Waals surface area contributed by atoms with Crippen LogP contribution in [-0.4, -0.2) is 13.2 Å². The zero-order valence-corrected chi connectivity index (χ0v) is 18.4. The van der Waals surface area contributed by atoms with E-state index < -0.39 is 0 Å². The maximum atomic E-state index is 5.89. The van der Waals surface area contributed by atoms with Crippen LogP contribution in [0.4, 0.5) is 0 Å². The summed E-state index contributed by atoms with van der Waals surface area (Å²) in [6.45, 7) is 6.01. The summed E-state index contributed by atoms with van der Waals surface area (Å²) in [5, 5.41) is 0. The van der Waals surface area contributed by atoms with Crippen molar-refractivity contribution in [1.82, 2.24) is 0 Å². The molecule has 0 fully saturated rings. The fraction of sp³-hybridized carbons (Fsp3) is 0.700. The first-order valence-electron chi connectivity index (χ1n) is 9.43. The van der Waals surface area contributed by atoms with E-state index >= 15 is 0 Å². The van der Waals surface area contributed by atoms with Gasteiger partial charge in [-0.2, -0.15) is 0 Å². The van der Waals surface area contributed by atoms with E-state index in [0.717, 1.165) is 46.5 Å². The Morgan fingerprint density at radius 3 is 1.38 bits per heavy atom. The molecule has 0 unspecified atom stereocenters. The van der Waals surface area contributed by atoms with Crippen LogP contribution in [0.2, 0.25) is 0 Å². The van der Waals surface area contributed by atoms with Crippen LogP contribution in [0.5, 0.6) is 11.5 Å². The number of ether oxygens (including phenoxy) is 2. The van der Waals surface area contributed by atoms with Crippen LogP contribution in [0.1, 0.15) is 78.1 Å². The average Bonchev–Trinajstić information content (AvgIpc) is 2.57. The van der Waals surface area contributed by atoms with E-state index in [4.69, 9.17) is 9.47 Å². The summed E-state index contributed by atoms with van der Waals surface area (Å²) in [4.78, 5) is 0. The van der Waals surface area contributed by atoms with Crippen molar-refractivity contribution in [2.24, 2.45) is 0 Å². The minimum atomic E-state index is 0.770. The molecule has 0 saturated heterocycles. The third kappa shape index (κ3) is 9.31. The molecule has 0 heterocycles. The van der Waals surface area contributed by atoms with Gasteiger partial charge >= 0.3 is 0 Å². The monoisotopic (exact) mass is 462 g/mol. The Hall–Kier alpha value is -0.220. The summed E-state index contributed by atoms with van der Waals surface area (Å²) in [5.41, 5.74) is 0. The third-order valence-electron chi connectivity index (χ3n) is 4.00. The van der Waals surface area contributed by atoms with Crippen molar-refractivity contribution in [3.63, 3.8) is 0 Å². The lowest BCUT2D eigenvalue weighted by Crippen LogP contribution is -2.01. The minimum Gasteiger partial charge on any atom is -0.492 e. The molecule has 0 saturated carbocycles. The molecular weight excluding hydrogens is 432 g/mol. The SMILES string of the molecule is CCCCCCCOc1cc(Br)c(OCCCCCCC)cc1Br. The molecule has 0 aliphatic carbocycles. The molecule has 0 radical (unpaired) electrons. The van der Waals surface area contributed by atoms with Crippen LogP contribution in [-0.2, 0) is 0 Å². The van der Waals surface area contributed by atoms with Crippen molar-refractivity contribution in [3.05, 3.63) is 21.1 Å². The van der Waals surface area contributed by atoms with E-state index in [2.05, 4.69) is 45.7 Å². The number of rotatable bonds is 14. The second-order valence-electron chi connectivity index (χ2n) is 6.24. The molecule has 1 aromatic rings. The molecule has 4 heteroatoms. The van der Waals surface area contributed by atoms with Gasteiger partial charge in [0.25, 0.3) is 0 Å². The molecule has 0 atom stereocenters. The van der Waals surface area contributed by atoms with Crippen LogP contribution in [0.25, 0.3) is 0 Å². The number of halogens is 2. The lowest BCUT2D eigenvalue weighted by Gasteiger charge is -2.13. The summed E-state index contributed by atoms with van der Waals surface area (Å²) >= 11 is 7.19. The Morgan fingerprint density at radius 1 is 0.625 bits per heavy atom. The topological polar surface area (TPSA) is 18.5 Å². The number of hydrogen-bond acceptors (Lipinski definition) is 2. The average molecular weight is 464 g/mol. The first kappa shape index (κ1) is 21.8. The van der Waals surface area contributed by atoms with Gasteiger partial charge in [0.1, 0.15) is 11.5 Å². The quantitative estimate of drug-likeness (QED) is 0.261. The van der Waals surface area contributed by atoms with Crippen LogP contribution >= 0.6 is 31.9 Å². The normalized spacial score (nSPS) is 10.8. The Balaban J connectivity index is 2.33. The zero-order chi connectivity index (χ0) is 17.6. The lowest BCUT2D eigenvalue weighted by atomic mass is 10.2. The van der Waals surface area contributed by atoms with Gasteiger partial charge in [-0.05, 0) is 56.8 Å². The number of unbranched alkanes of at least 4 members (excludes halogenated alkanes) is 8. The molecule has 1 rings (SSSR count). The fourth-order valence-electron chi connectivity index (χ4n) is 2.51. The fourth-order valence-corrected chi connectivity index (χ4v) is 3.38. The minimum absolute atomic E-state index is 0.770. The van der Waals surface area contributed by atoms with Gasteiger partial charge in [-0.1, -0.05) is 65.2 Å². The van der Waals surface area contributed by atoms with Crippen LogP contribution in [0, 0.1) is 0 Å². The molecular formula is C20H32Br2O2. The first-order valence-corrected chi connectivity index (χ1v) is 11.0. The molecule has 0 bridgehead atoms. The molecule has 0 amide bonds. The lowest BCUT2D eigenvalue weighted by molar-refractivity contribution is 0.293. The van der Waals surface area contributed by atoms with Gasteiger partial charge in [0.05, 0.1) is 22.2 Å². The predicted octanol–water partition coefficient (Wildman–Crippen LogP) is 7.91. The summed E-state index contributed by atoms with van der Waals surface area (Å²) in [7, 11) is 0. The second-order valence-corrected chi connectivity index (χ2v) is 7.95. The van der Waals surface area contributed by atoms with E-state index in [1.165, 1.54) is 51.4 Å². The van der Waals surface area contributed by atoms with Gasteiger partial charge in [-0.25, -0.2) is 0 Å². The standard InChI is InChI=1S/C20H32Br2O2/c1-3-5-7-9-11-13-23-19-15-18(22)20(16-17(19)21)24-14-12-10-8-6-4-2/h15-16H,3-14H2,1-2H3.